The van der Waals surface area contributed by atoms with Gasteiger partial charge in [0.25, 0.3) is 0 Å². The highest BCUT2D eigenvalue weighted by Gasteiger charge is 2.09. The van der Waals surface area contributed by atoms with Crippen molar-refractivity contribution in [2.24, 2.45) is 0 Å². The minimum atomic E-state index is -3.21. The van der Waals surface area contributed by atoms with E-state index in [9.17, 15) is 18.0 Å². The topological polar surface area (TPSA) is 88.5 Å². The molecule has 0 bridgehead atoms. The van der Waals surface area contributed by atoms with E-state index in [4.69, 9.17) is 5.11 Å². The Hall–Kier alpha value is -1.69. The lowest BCUT2D eigenvalue weighted by molar-refractivity contribution is -0.140. The van der Waals surface area contributed by atoms with Crippen LogP contribution in [0.15, 0.2) is 29.2 Å². The SMILES string of the molecule is CS(=O)(=O)c1ccc(CCC(=O)CC(=O)O)cc1. The molecule has 18 heavy (non-hydrogen) atoms. The van der Waals surface area contributed by atoms with Crippen LogP contribution < -0.4 is 0 Å². The summed E-state index contributed by atoms with van der Waals surface area (Å²) in [5.41, 5.74) is 0.807. The van der Waals surface area contributed by atoms with Crippen molar-refractivity contribution in [1.82, 2.24) is 0 Å². The number of hydrogen-bond donors (Lipinski definition) is 1. The molecule has 0 aliphatic carbocycles. The fourth-order valence-corrected chi connectivity index (χ4v) is 2.07. The van der Waals surface area contributed by atoms with Crippen molar-refractivity contribution >= 4 is 21.6 Å². The maximum atomic E-state index is 11.2. The third kappa shape index (κ3) is 4.67. The quantitative estimate of drug-likeness (QED) is 0.781. The molecular formula is C12H14O5S. The van der Waals surface area contributed by atoms with Gasteiger partial charge in [0.05, 0.1) is 4.90 Å². The minimum absolute atomic E-state index is 0.143. The number of carbonyl (C=O) groups excluding carboxylic acids is 1. The van der Waals surface area contributed by atoms with E-state index < -0.39 is 22.2 Å². The first-order valence-corrected chi connectivity index (χ1v) is 7.20. The van der Waals surface area contributed by atoms with Gasteiger partial charge in [0.1, 0.15) is 12.2 Å². The van der Waals surface area contributed by atoms with Crippen LogP contribution in [0.25, 0.3) is 0 Å². The first-order chi connectivity index (χ1) is 8.29. The molecule has 0 atom stereocenters. The summed E-state index contributed by atoms with van der Waals surface area (Å²) in [6.45, 7) is 0. The third-order valence-electron chi connectivity index (χ3n) is 2.39. The van der Waals surface area contributed by atoms with E-state index in [-0.39, 0.29) is 17.1 Å². The monoisotopic (exact) mass is 270 g/mol. The molecule has 0 fully saturated rings. The highest BCUT2D eigenvalue weighted by molar-refractivity contribution is 7.90. The Bertz CT molecular complexity index is 542. The van der Waals surface area contributed by atoms with E-state index in [1.54, 1.807) is 12.1 Å². The molecular weight excluding hydrogens is 256 g/mol. The van der Waals surface area contributed by atoms with Gasteiger partial charge in [0.15, 0.2) is 9.84 Å². The minimum Gasteiger partial charge on any atom is -0.481 e. The van der Waals surface area contributed by atoms with Crippen LogP contribution in [0.3, 0.4) is 0 Å². The summed E-state index contributed by atoms with van der Waals surface area (Å²) in [6, 6.07) is 6.22. The summed E-state index contributed by atoms with van der Waals surface area (Å²) in [5, 5.41) is 8.42. The number of sulfone groups is 1. The van der Waals surface area contributed by atoms with Crippen LogP contribution in [0.2, 0.25) is 0 Å². The zero-order chi connectivity index (χ0) is 13.8. The van der Waals surface area contributed by atoms with Crippen LogP contribution in [-0.4, -0.2) is 31.5 Å². The molecule has 0 aliphatic rings. The zero-order valence-electron chi connectivity index (χ0n) is 9.92. The lowest BCUT2D eigenvalue weighted by atomic mass is 10.1. The van der Waals surface area contributed by atoms with Gasteiger partial charge in [-0.25, -0.2) is 8.42 Å². The molecule has 0 saturated heterocycles. The molecule has 0 saturated carbocycles. The molecule has 6 heteroatoms. The average Bonchev–Trinajstić information content (AvgIpc) is 2.25. The van der Waals surface area contributed by atoms with Crippen molar-refractivity contribution < 1.29 is 23.1 Å². The van der Waals surface area contributed by atoms with Gasteiger partial charge in [-0.2, -0.15) is 0 Å². The van der Waals surface area contributed by atoms with E-state index >= 15 is 0 Å². The van der Waals surface area contributed by atoms with Gasteiger partial charge in [0, 0.05) is 12.7 Å². The van der Waals surface area contributed by atoms with E-state index in [1.807, 2.05) is 0 Å². The fourth-order valence-electron chi connectivity index (χ4n) is 1.44. The maximum Gasteiger partial charge on any atom is 0.310 e. The number of rotatable bonds is 6. The van der Waals surface area contributed by atoms with Gasteiger partial charge in [0.2, 0.25) is 0 Å². The number of carboxylic acids is 1. The summed E-state index contributed by atoms with van der Waals surface area (Å²) in [4.78, 5) is 21.7. The Morgan fingerprint density at radius 1 is 1.17 bits per heavy atom. The number of aliphatic carboxylic acids is 1. The number of aryl methyl sites for hydroxylation is 1. The van der Waals surface area contributed by atoms with Crippen molar-refractivity contribution in [3.8, 4) is 0 Å². The number of Topliss-reactive ketones (excluding diaryl/α,β-unsaturated/α-hetero) is 1. The summed E-state index contributed by atoms with van der Waals surface area (Å²) in [7, 11) is -3.21. The van der Waals surface area contributed by atoms with Crippen LogP contribution >= 0.6 is 0 Å². The molecule has 0 unspecified atom stereocenters. The molecule has 1 aromatic rings. The van der Waals surface area contributed by atoms with Gasteiger partial charge >= 0.3 is 5.97 Å². The number of carboxylic acid groups (broad SMARTS) is 1. The Labute approximate surface area is 105 Å². The average molecular weight is 270 g/mol. The second kappa shape index (κ2) is 5.77. The maximum absolute atomic E-state index is 11.2. The van der Waals surface area contributed by atoms with Crippen molar-refractivity contribution in [3.05, 3.63) is 29.8 Å². The van der Waals surface area contributed by atoms with Crippen molar-refractivity contribution in [2.45, 2.75) is 24.2 Å². The van der Waals surface area contributed by atoms with Gasteiger partial charge in [-0.1, -0.05) is 12.1 Å². The number of hydrogen-bond acceptors (Lipinski definition) is 4. The van der Waals surface area contributed by atoms with Gasteiger partial charge in [-0.3, -0.25) is 9.59 Å². The Morgan fingerprint density at radius 2 is 1.72 bits per heavy atom. The molecule has 98 valence electrons. The fraction of sp³-hybridized carbons (Fsp3) is 0.333. The highest BCUT2D eigenvalue weighted by atomic mass is 32.2. The first kappa shape index (κ1) is 14.4. The largest absolute Gasteiger partial charge is 0.481 e. The molecule has 5 nitrogen and oxygen atoms in total. The van der Waals surface area contributed by atoms with E-state index in [2.05, 4.69) is 0 Å². The predicted octanol–water partition coefficient (Wildman–Crippen LogP) is 1.07. The first-order valence-electron chi connectivity index (χ1n) is 5.31. The normalized spacial score (nSPS) is 11.2. The molecule has 0 aliphatic heterocycles. The lowest BCUT2D eigenvalue weighted by Crippen LogP contribution is -2.07. The van der Waals surface area contributed by atoms with Crippen LogP contribution in [0.1, 0.15) is 18.4 Å². The van der Waals surface area contributed by atoms with E-state index in [1.165, 1.54) is 12.1 Å². The lowest BCUT2D eigenvalue weighted by Gasteiger charge is -2.02. The summed E-state index contributed by atoms with van der Waals surface area (Å²) in [5.74, 6) is -1.47. The van der Waals surface area contributed by atoms with Crippen LogP contribution in [-0.2, 0) is 25.8 Å². The molecule has 0 heterocycles. The van der Waals surface area contributed by atoms with Crippen molar-refractivity contribution in [2.75, 3.05) is 6.26 Å². The van der Waals surface area contributed by atoms with Crippen LogP contribution in [0, 0.1) is 0 Å². The predicted molar refractivity (Wildman–Crippen MR) is 65.1 cm³/mol. The smallest absolute Gasteiger partial charge is 0.310 e. The Balaban J connectivity index is 2.60. The number of benzene rings is 1. The van der Waals surface area contributed by atoms with Gasteiger partial charge in [-0.05, 0) is 24.1 Å². The summed E-state index contributed by atoms with van der Waals surface area (Å²) >= 11 is 0. The van der Waals surface area contributed by atoms with Crippen LogP contribution in [0.4, 0.5) is 0 Å². The van der Waals surface area contributed by atoms with Gasteiger partial charge < -0.3 is 5.11 Å². The molecule has 0 radical (unpaired) electrons. The molecule has 0 spiro atoms. The summed E-state index contributed by atoms with van der Waals surface area (Å²) < 4.78 is 22.4. The number of carbonyl (C=O) groups is 2. The number of ketones is 1. The van der Waals surface area contributed by atoms with Gasteiger partial charge in [-0.15, -0.1) is 0 Å². The molecule has 0 amide bonds. The molecule has 1 rings (SSSR count). The molecule has 1 aromatic carbocycles. The van der Waals surface area contributed by atoms with Crippen molar-refractivity contribution in [1.29, 1.82) is 0 Å². The van der Waals surface area contributed by atoms with E-state index in [0.717, 1.165) is 11.8 Å². The second-order valence-corrected chi connectivity index (χ2v) is 6.04. The van der Waals surface area contributed by atoms with Crippen molar-refractivity contribution in [3.63, 3.8) is 0 Å². The Kier molecular flexibility index (Phi) is 4.61. The standard InChI is InChI=1S/C12H14O5S/c1-18(16,17)11-6-3-9(4-7-11)2-5-10(13)8-12(14)15/h3-4,6-7H,2,5,8H2,1H3,(H,14,15). The zero-order valence-corrected chi connectivity index (χ0v) is 10.7. The second-order valence-electron chi connectivity index (χ2n) is 4.03. The molecule has 0 aromatic heterocycles. The van der Waals surface area contributed by atoms with E-state index in [0.29, 0.717) is 6.42 Å². The third-order valence-corrected chi connectivity index (χ3v) is 3.52. The van der Waals surface area contributed by atoms with Crippen LogP contribution in [0.5, 0.6) is 0 Å². The highest BCUT2D eigenvalue weighted by Crippen LogP contribution is 2.12. The summed E-state index contributed by atoms with van der Waals surface area (Å²) in [6.07, 6.45) is 1.21. The molecule has 1 N–H and O–H groups in total. The Morgan fingerprint density at radius 3 is 2.17 bits per heavy atom.